The van der Waals surface area contributed by atoms with Gasteiger partial charge in [-0.2, -0.15) is 0 Å². The third-order valence-electron chi connectivity index (χ3n) is 2.62. The van der Waals surface area contributed by atoms with Crippen LogP contribution in [0.3, 0.4) is 0 Å². The van der Waals surface area contributed by atoms with E-state index in [1.165, 1.54) is 0 Å². The molecule has 0 aliphatic rings. The largest absolute Gasteiger partial charge is 0.493 e. The van der Waals surface area contributed by atoms with Crippen LogP contribution in [0.4, 0.5) is 0 Å². The monoisotopic (exact) mass is 240 g/mol. The fourth-order valence-electron chi connectivity index (χ4n) is 1.54. The summed E-state index contributed by atoms with van der Waals surface area (Å²) in [6.45, 7) is 6.65. The first-order valence-electron chi connectivity index (χ1n) is 5.44. The maximum atomic E-state index is 11.5. The lowest BCUT2D eigenvalue weighted by Crippen LogP contribution is -2.06. The Morgan fingerprint density at radius 2 is 2.00 bits per heavy atom. The summed E-state index contributed by atoms with van der Waals surface area (Å²) in [7, 11) is 0. The van der Waals surface area contributed by atoms with Crippen molar-refractivity contribution in [1.29, 1.82) is 0 Å². The summed E-state index contributed by atoms with van der Waals surface area (Å²) in [6, 6.07) is 3.63. The van der Waals surface area contributed by atoms with Crippen molar-refractivity contribution in [2.24, 2.45) is 0 Å². The molecular weight excluding hydrogens is 224 g/mol. The van der Waals surface area contributed by atoms with Crippen LogP contribution in [-0.4, -0.2) is 18.3 Å². The molecule has 0 saturated carbocycles. The van der Waals surface area contributed by atoms with Crippen molar-refractivity contribution in [1.82, 2.24) is 0 Å². The summed E-state index contributed by atoms with van der Waals surface area (Å²) in [6.07, 6.45) is 0.973. The Balaban J connectivity index is 3.03. The summed E-state index contributed by atoms with van der Waals surface area (Å²) >= 11 is 5.55. The SMILES string of the molecule is CCCOc1ccc(C(=O)CCl)c(C)c1C. The summed E-state index contributed by atoms with van der Waals surface area (Å²) in [5.74, 6) is 0.838. The minimum atomic E-state index is -0.0377. The first-order chi connectivity index (χ1) is 7.61. The lowest BCUT2D eigenvalue weighted by molar-refractivity contribution is 0.102. The second-order valence-corrected chi connectivity index (χ2v) is 4.03. The van der Waals surface area contributed by atoms with Gasteiger partial charge in [0.25, 0.3) is 0 Å². The molecule has 16 heavy (non-hydrogen) atoms. The van der Waals surface area contributed by atoms with Crippen LogP contribution in [0.15, 0.2) is 12.1 Å². The third-order valence-corrected chi connectivity index (χ3v) is 2.86. The zero-order valence-corrected chi connectivity index (χ0v) is 10.7. The minimum Gasteiger partial charge on any atom is -0.493 e. The first-order valence-corrected chi connectivity index (χ1v) is 5.97. The average Bonchev–Trinajstić information content (AvgIpc) is 2.30. The van der Waals surface area contributed by atoms with Gasteiger partial charge in [-0.3, -0.25) is 4.79 Å². The highest BCUT2D eigenvalue weighted by molar-refractivity contribution is 6.30. The van der Waals surface area contributed by atoms with E-state index in [4.69, 9.17) is 16.3 Å². The van der Waals surface area contributed by atoms with Gasteiger partial charge in [-0.1, -0.05) is 6.92 Å². The zero-order valence-electron chi connectivity index (χ0n) is 9.97. The highest BCUT2D eigenvalue weighted by atomic mass is 35.5. The lowest BCUT2D eigenvalue weighted by Gasteiger charge is -2.12. The van der Waals surface area contributed by atoms with Gasteiger partial charge in [-0.05, 0) is 43.5 Å². The zero-order chi connectivity index (χ0) is 12.1. The van der Waals surface area contributed by atoms with Gasteiger partial charge in [-0.25, -0.2) is 0 Å². The lowest BCUT2D eigenvalue weighted by atomic mass is 10.00. The molecule has 0 spiro atoms. The Kier molecular flexibility index (Phi) is 4.81. The molecule has 0 N–H and O–H groups in total. The molecule has 1 aromatic carbocycles. The van der Waals surface area contributed by atoms with Crippen molar-refractivity contribution in [3.05, 3.63) is 28.8 Å². The second kappa shape index (κ2) is 5.90. The van der Waals surface area contributed by atoms with Crippen molar-refractivity contribution < 1.29 is 9.53 Å². The van der Waals surface area contributed by atoms with E-state index in [1.807, 2.05) is 19.9 Å². The van der Waals surface area contributed by atoms with Gasteiger partial charge < -0.3 is 4.74 Å². The molecule has 88 valence electrons. The smallest absolute Gasteiger partial charge is 0.177 e. The van der Waals surface area contributed by atoms with E-state index in [1.54, 1.807) is 6.07 Å². The molecule has 0 bridgehead atoms. The number of carbonyl (C=O) groups excluding carboxylic acids is 1. The molecule has 3 heteroatoms. The molecule has 0 radical (unpaired) electrons. The summed E-state index contributed by atoms with van der Waals surface area (Å²) in [4.78, 5) is 11.5. The Morgan fingerprint density at radius 3 is 2.56 bits per heavy atom. The maximum Gasteiger partial charge on any atom is 0.177 e. The van der Waals surface area contributed by atoms with Crippen LogP contribution in [0, 0.1) is 13.8 Å². The molecule has 1 rings (SSSR count). The van der Waals surface area contributed by atoms with Crippen molar-refractivity contribution in [3.63, 3.8) is 0 Å². The first kappa shape index (κ1) is 13.0. The quantitative estimate of drug-likeness (QED) is 0.582. The molecule has 0 unspecified atom stereocenters. The molecule has 0 heterocycles. The van der Waals surface area contributed by atoms with Gasteiger partial charge in [-0.15, -0.1) is 11.6 Å². The number of hydrogen-bond donors (Lipinski definition) is 0. The van der Waals surface area contributed by atoms with E-state index in [2.05, 4.69) is 6.92 Å². The van der Waals surface area contributed by atoms with Gasteiger partial charge in [0.2, 0.25) is 0 Å². The number of Topliss-reactive ketones (excluding diaryl/α,β-unsaturated/α-hetero) is 1. The molecule has 0 saturated heterocycles. The van der Waals surface area contributed by atoms with Crippen LogP contribution in [0.25, 0.3) is 0 Å². The topological polar surface area (TPSA) is 26.3 Å². The van der Waals surface area contributed by atoms with Crippen molar-refractivity contribution >= 4 is 17.4 Å². The Morgan fingerprint density at radius 1 is 1.31 bits per heavy atom. The highest BCUT2D eigenvalue weighted by Crippen LogP contribution is 2.24. The van der Waals surface area contributed by atoms with Gasteiger partial charge in [0.1, 0.15) is 5.75 Å². The van der Waals surface area contributed by atoms with E-state index >= 15 is 0 Å². The van der Waals surface area contributed by atoms with E-state index in [0.29, 0.717) is 12.2 Å². The number of hydrogen-bond acceptors (Lipinski definition) is 2. The van der Waals surface area contributed by atoms with Gasteiger partial charge >= 0.3 is 0 Å². The number of alkyl halides is 1. The number of ether oxygens (including phenoxy) is 1. The summed E-state index contributed by atoms with van der Waals surface area (Å²) in [5, 5.41) is 0. The number of rotatable bonds is 5. The molecule has 0 fully saturated rings. The molecule has 0 aliphatic heterocycles. The number of benzene rings is 1. The van der Waals surface area contributed by atoms with Gasteiger partial charge in [0.05, 0.1) is 12.5 Å². The Hall–Kier alpha value is -1.02. The molecule has 1 aromatic rings. The van der Waals surface area contributed by atoms with Crippen LogP contribution < -0.4 is 4.74 Å². The van der Waals surface area contributed by atoms with Crippen LogP contribution in [0.5, 0.6) is 5.75 Å². The Labute approximate surface area is 102 Å². The fraction of sp³-hybridized carbons (Fsp3) is 0.462. The molecular formula is C13H17ClO2. The Bertz CT molecular complexity index is 386. The number of halogens is 1. The van der Waals surface area contributed by atoms with Gasteiger partial charge in [0, 0.05) is 5.56 Å². The summed E-state index contributed by atoms with van der Waals surface area (Å²) < 4.78 is 5.59. The van der Waals surface area contributed by atoms with E-state index in [-0.39, 0.29) is 11.7 Å². The van der Waals surface area contributed by atoms with E-state index in [9.17, 15) is 4.79 Å². The highest BCUT2D eigenvalue weighted by Gasteiger charge is 2.12. The van der Waals surface area contributed by atoms with Crippen LogP contribution >= 0.6 is 11.6 Å². The predicted octanol–water partition coefficient (Wildman–Crippen LogP) is 3.51. The second-order valence-electron chi connectivity index (χ2n) is 3.77. The van der Waals surface area contributed by atoms with Crippen molar-refractivity contribution in [2.45, 2.75) is 27.2 Å². The normalized spacial score (nSPS) is 10.2. The maximum absolute atomic E-state index is 11.5. The molecule has 0 aromatic heterocycles. The minimum absolute atomic E-state index is 0.0233. The van der Waals surface area contributed by atoms with Gasteiger partial charge in [0.15, 0.2) is 5.78 Å². The standard InChI is InChI=1S/C13H17ClO2/c1-4-7-16-13-6-5-11(12(15)8-14)9(2)10(13)3/h5-6H,4,7-8H2,1-3H3. The van der Waals surface area contributed by atoms with Crippen molar-refractivity contribution in [2.75, 3.05) is 12.5 Å². The van der Waals surface area contributed by atoms with Crippen LogP contribution in [0.1, 0.15) is 34.8 Å². The fourth-order valence-corrected chi connectivity index (χ4v) is 1.68. The number of carbonyl (C=O) groups is 1. The average molecular weight is 241 g/mol. The van der Waals surface area contributed by atoms with Crippen LogP contribution in [0.2, 0.25) is 0 Å². The summed E-state index contributed by atoms with van der Waals surface area (Å²) in [5.41, 5.74) is 2.67. The molecule has 0 aliphatic carbocycles. The number of ketones is 1. The molecule has 2 nitrogen and oxygen atoms in total. The predicted molar refractivity (Wildman–Crippen MR) is 66.8 cm³/mol. The molecule has 0 atom stereocenters. The van der Waals surface area contributed by atoms with Crippen LogP contribution in [-0.2, 0) is 0 Å². The van der Waals surface area contributed by atoms with E-state index in [0.717, 1.165) is 23.3 Å². The van der Waals surface area contributed by atoms with Crippen molar-refractivity contribution in [3.8, 4) is 5.75 Å². The molecule has 0 amide bonds. The third kappa shape index (κ3) is 2.76. The van der Waals surface area contributed by atoms with E-state index < -0.39 is 0 Å².